The van der Waals surface area contributed by atoms with Gasteiger partial charge in [-0.1, -0.05) is 24.6 Å². The first-order chi connectivity index (χ1) is 9.22. The van der Waals surface area contributed by atoms with Gasteiger partial charge in [0.05, 0.1) is 5.69 Å². The zero-order valence-electron chi connectivity index (χ0n) is 11.1. The zero-order chi connectivity index (χ0) is 13.7. The summed E-state index contributed by atoms with van der Waals surface area (Å²) < 4.78 is 5.77. The number of aromatic nitrogens is 1. The van der Waals surface area contributed by atoms with Crippen molar-refractivity contribution in [2.45, 2.75) is 19.9 Å². The fourth-order valence-electron chi connectivity index (χ4n) is 1.80. The van der Waals surface area contributed by atoms with Gasteiger partial charge in [-0.05, 0) is 43.3 Å². The van der Waals surface area contributed by atoms with Crippen LogP contribution in [0, 0.1) is 0 Å². The molecule has 1 aromatic carbocycles. The molecule has 0 saturated carbocycles. The van der Waals surface area contributed by atoms with Gasteiger partial charge < -0.3 is 10.1 Å². The molecule has 1 heterocycles. The predicted octanol–water partition coefficient (Wildman–Crippen LogP) is 3.81. The van der Waals surface area contributed by atoms with Gasteiger partial charge in [0.1, 0.15) is 5.75 Å². The summed E-state index contributed by atoms with van der Waals surface area (Å²) in [4.78, 5) is 4.42. The summed E-state index contributed by atoms with van der Waals surface area (Å²) in [5.41, 5.74) is 2.02. The Morgan fingerprint density at radius 1 is 1.26 bits per heavy atom. The number of benzene rings is 1. The van der Waals surface area contributed by atoms with Gasteiger partial charge in [-0.25, -0.2) is 4.98 Å². The lowest BCUT2D eigenvalue weighted by molar-refractivity contribution is 0.459. The van der Waals surface area contributed by atoms with Crippen LogP contribution in [0.2, 0.25) is 5.02 Å². The first-order valence-corrected chi connectivity index (χ1v) is 6.67. The van der Waals surface area contributed by atoms with E-state index in [0.717, 1.165) is 35.0 Å². The van der Waals surface area contributed by atoms with Gasteiger partial charge in [-0.15, -0.1) is 0 Å². The number of rotatable bonds is 5. The molecule has 1 N–H and O–H groups in total. The minimum absolute atomic E-state index is 0.595. The van der Waals surface area contributed by atoms with Gasteiger partial charge in [-0.3, -0.25) is 0 Å². The van der Waals surface area contributed by atoms with Crippen molar-refractivity contribution in [1.82, 2.24) is 10.3 Å². The molecule has 0 unspecified atom stereocenters. The number of nitrogens with one attached hydrogen (secondary N) is 1. The fourth-order valence-corrected chi connectivity index (χ4v) is 2.05. The van der Waals surface area contributed by atoms with E-state index < -0.39 is 0 Å². The maximum absolute atomic E-state index is 6.09. The van der Waals surface area contributed by atoms with Crippen molar-refractivity contribution < 1.29 is 4.74 Å². The maximum atomic E-state index is 6.09. The van der Waals surface area contributed by atoms with Gasteiger partial charge in [-0.2, -0.15) is 0 Å². The van der Waals surface area contributed by atoms with Crippen molar-refractivity contribution in [2.24, 2.45) is 0 Å². The zero-order valence-corrected chi connectivity index (χ0v) is 11.9. The van der Waals surface area contributed by atoms with Crippen LogP contribution in [-0.2, 0) is 13.0 Å². The molecule has 0 aliphatic carbocycles. The number of aryl methyl sites for hydroxylation is 1. The quantitative estimate of drug-likeness (QED) is 0.902. The second kappa shape index (κ2) is 6.55. The number of nitrogens with zero attached hydrogens (tertiary/aromatic N) is 1. The Balaban J connectivity index is 2.18. The highest BCUT2D eigenvalue weighted by Gasteiger charge is 2.04. The summed E-state index contributed by atoms with van der Waals surface area (Å²) in [6.07, 6.45) is 0.878. The van der Waals surface area contributed by atoms with Crippen molar-refractivity contribution in [3.8, 4) is 11.6 Å². The molecule has 0 bridgehead atoms. The van der Waals surface area contributed by atoms with Crippen LogP contribution in [0.1, 0.15) is 18.2 Å². The highest BCUT2D eigenvalue weighted by Crippen LogP contribution is 2.25. The lowest BCUT2D eigenvalue weighted by Gasteiger charge is -2.08. The van der Waals surface area contributed by atoms with Crippen LogP contribution in [0.5, 0.6) is 11.6 Å². The van der Waals surface area contributed by atoms with Crippen molar-refractivity contribution in [2.75, 3.05) is 7.05 Å². The lowest BCUT2D eigenvalue weighted by atomic mass is 10.1. The van der Waals surface area contributed by atoms with Gasteiger partial charge in [0.15, 0.2) is 0 Å². The Morgan fingerprint density at radius 2 is 2.11 bits per heavy atom. The topological polar surface area (TPSA) is 34.1 Å². The van der Waals surface area contributed by atoms with E-state index in [9.17, 15) is 0 Å². The number of hydrogen-bond acceptors (Lipinski definition) is 3. The lowest BCUT2D eigenvalue weighted by Crippen LogP contribution is -2.06. The monoisotopic (exact) mass is 276 g/mol. The van der Waals surface area contributed by atoms with Crippen LogP contribution in [0.25, 0.3) is 0 Å². The molecule has 4 heteroatoms. The Morgan fingerprint density at radius 3 is 2.84 bits per heavy atom. The normalized spacial score (nSPS) is 10.5. The molecule has 0 spiro atoms. The number of ether oxygens (including phenoxy) is 1. The minimum Gasteiger partial charge on any atom is -0.439 e. The third kappa shape index (κ3) is 3.69. The summed E-state index contributed by atoms with van der Waals surface area (Å²) in [6.45, 7) is 2.79. The largest absolute Gasteiger partial charge is 0.439 e. The molecule has 2 rings (SSSR count). The van der Waals surface area contributed by atoms with Crippen LogP contribution in [0.3, 0.4) is 0 Å². The second-order valence-corrected chi connectivity index (χ2v) is 4.61. The minimum atomic E-state index is 0.595. The van der Waals surface area contributed by atoms with E-state index in [1.54, 1.807) is 0 Å². The van der Waals surface area contributed by atoms with Crippen LogP contribution < -0.4 is 10.1 Å². The molecule has 3 nitrogen and oxygen atoms in total. The standard InChI is InChI=1S/C15H17ClN2O/c1-3-11-9-13(7-8-14(11)16)19-15-6-4-5-12(18-15)10-17-2/h4-9,17H,3,10H2,1-2H3. The molecule has 0 atom stereocenters. The highest BCUT2D eigenvalue weighted by molar-refractivity contribution is 6.31. The third-order valence-corrected chi connectivity index (χ3v) is 3.13. The van der Waals surface area contributed by atoms with Crippen molar-refractivity contribution in [3.63, 3.8) is 0 Å². The molecule has 0 fully saturated rings. The van der Waals surface area contributed by atoms with Crippen molar-refractivity contribution in [3.05, 3.63) is 52.7 Å². The Hall–Kier alpha value is -1.58. The molecule has 0 aliphatic rings. The Labute approximate surface area is 118 Å². The number of hydrogen-bond donors (Lipinski definition) is 1. The molecule has 0 saturated heterocycles. The van der Waals surface area contributed by atoms with Crippen LogP contribution in [0.4, 0.5) is 0 Å². The third-order valence-electron chi connectivity index (χ3n) is 2.76. The molecule has 1 aromatic heterocycles. The van der Waals surface area contributed by atoms with Crippen LogP contribution in [-0.4, -0.2) is 12.0 Å². The van der Waals surface area contributed by atoms with E-state index >= 15 is 0 Å². The molecule has 100 valence electrons. The summed E-state index contributed by atoms with van der Waals surface area (Å²) >= 11 is 6.09. The summed E-state index contributed by atoms with van der Waals surface area (Å²) in [7, 11) is 1.89. The van der Waals surface area contributed by atoms with Crippen LogP contribution in [0.15, 0.2) is 36.4 Å². The molecule has 19 heavy (non-hydrogen) atoms. The maximum Gasteiger partial charge on any atom is 0.219 e. The molecule has 0 radical (unpaired) electrons. The van der Waals surface area contributed by atoms with E-state index in [-0.39, 0.29) is 0 Å². The average Bonchev–Trinajstić information content (AvgIpc) is 2.42. The summed E-state index contributed by atoms with van der Waals surface area (Å²) in [5.74, 6) is 1.35. The fraction of sp³-hybridized carbons (Fsp3) is 0.267. The SMILES string of the molecule is CCc1cc(Oc2cccc(CNC)n2)ccc1Cl. The van der Waals surface area contributed by atoms with Crippen molar-refractivity contribution in [1.29, 1.82) is 0 Å². The van der Waals surface area contributed by atoms with Gasteiger partial charge in [0.2, 0.25) is 5.88 Å². The number of pyridine rings is 1. The summed E-state index contributed by atoms with van der Waals surface area (Å²) in [5, 5.41) is 3.84. The molecular weight excluding hydrogens is 260 g/mol. The molecule has 2 aromatic rings. The smallest absolute Gasteiger partial charge is 0.219 e. The average molecular weight is 277 g/mol. The molecule has 0 amide bonds. The first-order valence-electron chi connectivity index (χ1n) is 6.29. The Kier molecular flexibility index (Phi) is 4.77. The predicted molar refractivity (Wildman–Crippen MR) is 77.9 cm³/mol. The van der Waals surface area contributed by atoms with E-state index in [1.165, 1.54) is 0 Å². The van der Waals surface area contributed by atoms with Gasteiger partial charge in [0.25, 0.3) is 0 Å². The second-order valence-electron chi connectivity index (χ2n) is 4.21. The molecular formula is C15H17ClN2O. The summed E-state index contributed by atoms with van der Waals surface area (Å²) in [6, 6.07) is 11.4. The van der Waals surface area contributed by atoms with Gasteiger partial charge in [0, 0.05) is 17.6 Å². The van der Waals surface area contributed by atoms with E-state index in [1.807, 2.05) is 43.4 Å². The molecule has 0 aliphatic heterocycles. The first kappa shape index (κ1) is 13.8. The number of halogens is 1. The van der Waals surface area contributed by atoms with Crippen molar-refractivity contribution >= 4 is 11.6 Å². The Bertz CT molecular complexity index is 558. The highest BCUT2D eigenvalue weighted by atomic mass is 35.5. The van der Waals surface area contributed by atoms with E-state index in [2.05, 4.69) is 17.2 Å². The van der Waals surface area contributed by atoms with Crippen LogP contribution >= 0.6 is 11.6 Å². The van der Waals surface area contributed by atoms with Gasteiger partial charge >= 0.3 is 0 Å². The van der Waals surface area contributed by atoms with E-state index in [0.29, 0.717) is 5.88 Å². The van der Waals surface area contributed by atoms with E-state index in [4.69, 9.17) is 16.3 Å².